The third-order valence-electron chi connectivity index (χ3n) is 2.63. The molecule has 0 amide bonds. The Morgan fingerprint density at radius 3 is 2.44 bits per heavy atom. The Bertz CT molecular complexity index is 546. The van der Waals surface area contributed by atoms with Crippen LogP contribution in [-0.4, -0.2) is 17.0 Å². The van der Waals surface area contributed by atoms with Gasteiger partial charge in [0.2, 0.25) is 5.95 Å². The van der Waals surface area contributed by atoms with Crippen molar-refractivity contribution in [2.24, 2.45) is 0 Å². The second-order valence-electron chi connectivity index (χ2n) is 4.06. The van der Waals surface area contributed by atoms with Crippen molar-refractivity contribution < 1.29 is 0 Å². The first-order valence-electron chi connectivity index (χ1n) is 5.64. The molecule has 2 N–H and O–H groups in total. The molecule has 0 radical (unpaired) electrons. The molecule has 0 aliphatic carbocycles. The van der Waals surface area contributed by atoms with Gasteiger partial charge in [-0.2, -0.15) is 4.98 Å². The SMILES string of the molecule is CNc1nccc(Nc2c(C)cc(Br)cc2C)n1. The summed E-state index contributed by atoms with van der Waals surface area (Å²) in [6, 6.07) is 6.01. The van der Waals surface area contributed by atoms with E-state index < -0.39 is 0 Å². The molecular formula is C13H15BrN4. The van der Waals surface area contributed by atoms with Crippen molar-refractivity contribution in [3.8, 4) is 0 Å². The van der Waals surface area contributed by atoms with Gasteiger partial charge in [-0.1, -0.05) is 15.9 Å². The Morgan fingerprint density at radius 1 is 1.17 bits per heavy atom. The maximum Gasteiger partial charge on any atom is 0.224 e. The van der Waals surface area contributed by atoms with Gasteiger partial charge in [-0.05, 0) is 43.2 Å². The van der Waals surface area contributed by atoms with E-state index in [2.05, 4.69) is 62.5 Å². The molecule has 2 rings (SSSR count). The van der Waals surface area contributed by atoms with E-state index in [0.29, 0.717) is 5.95 Å². The van der Waals surface area contributed by atoms with Crippen LogP contribution in [0.3, 0.4) is 0 Å². The Balaban J connectivity index is 2.33. The number of nitrogens with zero attached hydrogens (tertiary/aromatic N) is 2. The Hall–Kier alpha value is -1.62. The Kier molecular flexibility index (Phi) is 3.81. The van der Waals surface area contributed by atoms with Gasteiger partial charge < -0.3 is 10.6 Å². The highest BCUT2D eigenvalue weighted by molar-refractivity contribution is 9.10. The van der Waals surface area contributed by atoms with E-state index in [-0.39, 0.29) is 0 Å². The van der Waals surface area contributed by atoms with Crippen molar-refractivity contribution in [2.75, 3.05) is 17.7 Å². The van der Waals surface area contributed by atoms with Crippen molar-refractivity contribution in [3.05, 3.63) is 40.0 Å². The van der Waals surface area contributed by atoms with Gasteiger partial charge in [0.1, 0.15) is 5.82 Å². The van der Waals surface area contributed by atoms with Crippen molar-refractivity contribution in [1.82, 2.24) is 9.97 Å². The van der Waals surface area contributed by atoms with Gasteiger partial charge in [0.25, 0.3) is 0 Å². The quantitative estimate of drug-likeness (QED) is 0.909. The van der Waals surface area contributed by atoms with Crippen LogP contribution in [0.2, 0.25) is 0 Å². The molecule has 0 bridgehead atoms. The van der Waals surface area contributed by atoms with Crippen LogP contribution in [0.5, 0.6) is 0 Å². The monoisotopic (exact) mass is 306 g/mol. The summed E-state index contributed by atoms with van der Waals surface area (Å²) in [6.07, 6.45) is 1.73. The fourth-order valence-corrected chi connectivity index (χ4v) is 2.47. The molecule has 1 aromatic carbocycles. The van der Waals surface area contributed by atoms with Gasteiger partial charge in [-0.3, -0.25) is 0 Å². The summed E-state index contributed by atoms with van der Waals surface area (Å²) in [6.45, 7) is 4.14. The highest BCUT2D eigenvalue weighted by Crippen LogP contribution is 2.27. The van der Waals surface area contributed by atoms with E-state index in [1.54, 1.807) is 13.2 Å². The molecule has 0 atom stereocenters. The summed E-state index contributed by atoms with van der Waals surface area (Å²) >= 11 is 3.49. The minimum absolute atomic E-state index is 0.604. The summed E-state index contributed by atoms with van der Waals surface area (Å²) in [7, 11) is 1.80. The molecule has 5 heteroatoms. The summed E-state index contributed by atoms with van der Waals surface area (Å²) in [5.41, 5.74) is 3.43. The van der Waals surface area contributed by atoms with E-state index >= 15 is 0 Å². The second-order valence-corrected chi connectivity index (χ2v) is 4.97. The zero-order chi connectivity index (χ0) is 13.1. The van der Waals surface area contributed by atoms with E-state index in [0.717, 1.165) is 16.0 Å². The fourth-order valence-electron chi connectivity index (χ4n) is 1.78. The zero-order valence-electron chi connectivity index (χ0n) is 10.6. The average Bonchev–Trinajstić information content (AvgIpc) is 2.34. The molecule has 1 heterocycles. The predicted octanol–water partition coefficient (Wildman–Crippen LogP) is 3.64. The lowest BCUT2D eigenvalue weighted by atomic mass is 10.1. The minimum Gasteiger partial charge on any atom is -0.357 e. The number of rotatable bonds is 3. The van der Waals surface area contributed by atoms with Gasteiger partial charge in [0, 0.05) is 23.4 Å². The number of hydrogen-bond donors (Lipinski definition) is 2. The molecule has 0 saturated carbocycles. The van der Waals surface area contributed by atoms with Crippen molar-refractivity contribution in [3.63, 3.8) is 0 Å². The Labute approximate surface area is 115 Å². The number of nitrogens with one attached hydrogen (secondary N) is 2. The first-order valence-corrected chi connectivity index (χ1v) is 6.44. The molecule has 0 spiro atoms. The van der Waals surface area contributed by atoms with Crippen LogP contribution in [0.4, 0.5) is 17.5 Å². The van der Waals surface area contributed by atoms with Gasteiger partial charge in [0.05, 0.1) is 0 Å². The van der Waals surface area contributed by atoms with Crippen LogP contribution in [0.1, 0.15) is 11.1 Å². The molecule has 0 aliphatic rings. The third-order valence-corrected chi connectivity index (χ3v) is 3.09. The number of aryl methyl sites for hydroxylation is 2. The zero-order valence-corrected chi connectivity index (χ0v) is 12.2. The van der Waals surface area contributed by atoms with Crippen molar-refractivity contribution in [1.29, 1.82) is 0 Å². The molecule has 2 aromatic rings. The first kappa shape index (κ1) is 12.8. The lowest BCUT2D eigenvalue weighted by molar-refractivity contribution is 1.15. The van der Waals surface area contributed by atoms with Crippen LogP contribution in [0.25, 0.3) is 0 Å². The highest BCUT2D eigenvalue weighted by Gasteiger charge is 2.06. The maximum absolute atomic E-state index is 4.35. The van der Waals surface area contributed by atoms with Crippen LogP contribution < -0.4 is 10.6 Å². The summed E-state index contributed by atoms with van der Waals surface area (Å²) < 4.78 is 1.08. The molecule has 94 valence electrons. The molecule has 0 unspecified atom stereocenters. The van der Waals surface area contributed by atoms with E-state index in [4.69, 9.17) is 0 Å². The van der Waals surface area contributed by atoms with E-state index in [9.17, 15) is 0 Å². The summed E-state index contributed by atoms with van der Waals surface area (Å²) in [4.78, 5) is 8.43. The van der Waals surface area contributed by atoms with Gasteiger partial charge in [0.15, 0.2) is 0 Å². The summed E-state index contributed by atoms with van der Waals surface area (Å²) in [5, 5.41) is 6.25. The van der Waals surface area contributed by atoms with Crippen LogP contribution in [0, 0.1) is 13.8 Å². The standard InChI is InChI=1S/C13H15BrN4/c1-8-6-10(14)7-9(2)12(8)17-11-4-5-16-13(15-3)18-11/h4-7H,1-3H3,(H2,15,16,17,18). The smallest absolute Gasteiger partial charge is 0.224 e. The average molecular weight is 307 g/mol. The lowest BCUT2D eigenvalue weighted by Crippen LogP contribution is -2.02. The number of halogens is 1. The van der Waals surface area contributed by atoms with E-state index in [1.807, 2.05) is 6.07 Å². The van der Waals surface area contributed by atoms with Crippen molar-refractivity contribution >= 4 is 33.4 Å². The molecule has 0 fully saturated rings. The molecule has 1 aromatic heterocycles. The van der Waals surface area contributed by atoms with E-state index in [1.165, 1.54) is 11.1 Å². The highest BCUT2D eigenvalue weighted by atomic mass is 79.9. The van der Waals surface area contributed by atoms with Gasteiger partial charge in [-0.15, -0.1) is 0 Å². The fraction of sp³-hybridized carbons (Fsp3) is 0.231. The molecule has 0 saturated heterocycles. The molecule has 4 nitrogen and oxygen atoms in total. The minimum atomic E-state index is 0.604. The number of hydrogen-bond acceptors (Lipinski definition) is 4. The second kappa shape index (κ2) is 5.35. The van der Waals surface area contributed by atoms with Crippen LogP contribution in [0.15, 0.2) is 28.9 Å². The maximum atomic E-state index is 4.35. The molecular weight excluding hydrogens is 292 g/mol. The lowest BCUT2D eigenvalue weighted by Gasteiger charge is -2.13. The Morgan fingerprint density at radius 2 is 1.83 bits per heavy atom. The predicted molar refractivity (Wildman–Crippen MR) is 78.5 cm³/mol. The number of anilines is 3. The summed E-state index contributed by atoms with van der Waals surface area (Å²) in [5.74, 6) is 1.38. The van der Waals surface area contributed by atoms with Crippen molar-refractivity contribution in [2.45, 2.75) is 13.8 Å². The van der Waals surface area contributed by atoms with Crippen LogP contribution in [-0.2, 0) is 0 Å². The number of benzene rings is 1. The normalized spacial score (nSPS) is 10.2. The molecule has 18 heavy (non-hydrogen) atoms. The van der Waals surface area contributed by atoms with Crippen LogP contribution >= 0.6 is 15.9 Å². The topological polar surface area (TPSA) is 49.8 Å². The largest absolute Gasteiger partial charge is 0.357 e. The molecule has 0 aliphatic heterocycles. The first-order chi connectivity index (χ1) is 8.60. The number of aromatic nitrogens is 2. The van der Waals surface area contributed by atoms with Gasteiger partial charge in [-0.25, -0.2) is 4.98 Å². The third kappa shape index (κ3) is 2.79. The van der Waals surface area contributed by atoms with Gasteiger partial charge >= 0.3 is 0 Å².